The van der Waals surface area contributed by atoms with Gasteiger partial charge in [0, 0.05) is 23.0 Å². The summed E-state index contributed by atoms with van der Waals surface area (Å²) < 4.78 is 5.27. The van der Waals surface area contributed by atoms with Crippen molar-refractivity contribution in [1.29, 1.82) is 0 Å². The van der Waals surface area contributed by atoms with Crippen LogP contribution < -0.4 is 5.32 Å². The molecule has 4 rings (SSSR count). The number of amides is 1. The largest absolute Gasteiger partial charge is 0.462 e. The monoisotopic (exact) mass is 396 g/mol. The average molecular weight is 396 g/mol. The molecule has 0 bridgehead atoms. The molecule has 1 N–H and O–H groups in total. The number of hydrogen-bond acceptors (Lipinski definition) is 4. The number of hydrogen-bond donors (Lipinski definition) is 1. The van der Waals surface area contributed by atoms with E-state index in [0.29, 0.717) is 35.0 Å². The fourth-order valence-electron chi connectivity index (χ4n) is 2.77. The lowest BCUT2D eigenvalue weighted by atomic mass is 10.1. The number of rotatable bonds is 5. The van der Waals surface area contributed by atoms with Crippen molar-refractivity contribution in [3.8, 4) is 11.8 Å². The quantitative estimate of drug-likeness (QED) is 0.516. The van der Waals surface area contributed by atoms with Crippen LogP contribution in [0.1, 0.15) is 44.8 Å². The summed E-state index contributed by atoms with van der Waals surface area (Å²) >= 11 is 0. The Morgan fingerprint density at radius 1 is 0.967 bits per heavy atom. The fourth-order valence-corrected chi connectivity index (χ4v) is 2.77. The second-order valence-electron chi connectivity index (χ2n) is 7.12. The first kappa shape index (κ1) is 19.4. The van der Waals surface area contributed by atoms with E-state index in [1.54, 1.807) is 48.7 Å². The molecule has 1 saturated carbocycles. The summed E-state index contributed by atoms with van der Waals surface area (Å²) in [6, 6.07) is 19.3. The summed E-state index contributed by atoms with van der Waals surface area (Å²) in [6.45, 7) is 0.483. The van der Waals surface area contributed by atoms with Gasteiger partial charge in [-0.05, 0) is 79.3 Å². The van der Waals surface area contributed by atoms with Gasteiger partial charge >= 0.3 is 5.97 Å². The van der Waals surface area contributed by atoms with E-state index in [0.717, 1.165) is 18.4 Å². The first-order chi connectivity index (χ1) is 14.7. The van der Waals surface area contributed by atoms with Gasteiger partial charge in [-0.25, -0.2) is 9.78 Å². The van der Waals surface area contributed by atoms with Crippen molar-refractivity contribution in [3.05, 3.63) is 95.3 Å². The van der Waals surface area contributed by atoms with Gasteiger partial charge in [-0.15, -0.1) is 0 Å². The molecule has 5 heteroatoms. The van der Waals surface area contributed by atoms with Crippen LogP contribution in [0.5, 0.6) is 0 Å². The molecule has 1 aliphatic carbocycles. The van der Waals surface area contributed by atoms with E-state index in [9.17, 15) is 9.59 Å². The fraction of sp³-hybridized carbons (Fsp3) is 0.160. The number of pyridine rings is 1. The molecule has 2 aromatic carbocycles. The maximum atomic E-state index is 12.6. The predicted octanol–water partition coefficient (Wildman–Crippen LogP) is 4.30. The molecular formula is C25H20N2O3. The summed E-state index contributed by atoms with van der Waals surface area (Å²) in [7, 11) is 0. The number of carbonyl (C=O) groups is 2. The van der Waals surface area contributed by atoms with Gasteiger partial charge in [0.05, 0.1) is 12.2 Å². The first-order valence-electron chi connectivity index (χ1n) is 9.79. The number of esters is 1. The Balaban J connectivity index is 1.38. The van der Waals surface area contributed by atoms with Gasteiger partial charge in [-0.1, -0.05) is 18.1 Å². The zero-order chi connectivity index (χ0) is 20.8. The van der Waals surface area contributed by atoms with Crippen LogP contribution in [-0.4, -0.2) is 23.5 Å². The number of aromatic nitrogens is 1. The zero-order valence-corrected chi connectivity index (χ0v) is 16.3. The summed E-state index contributed by atoms with van der Waals surface area (Å²) in [4.78, 5) is 28.8. The molecule has 3 aromatic rings. The van der Waals surface area contributed by atoms with Crippen molar-refractivity contribution in [3.63, 3.8) is 0 Å². The van der Waals surface area contributed by atoms with E-state index in [-0.39, 0.29) is 11.9 Å². The van der Waals surface area contributed by atoms with E-state index >= 15 is 0 Å². The Hall–Kier alpha value is -3.91. The highest BCUT2D eigenvalue weighted by molar-refractivity contribution is 6.04. The molecule has 0 unspecified atom stereocenters. The Bertz CT molecular complexity index is 1110. The third kappa shape index (κ3) is 5.33. The Labute approximate surface area is 175 Å². The van der Waals surface area contributed by atoms with Crippen LogP contribution in [0.25, 0.3) is 0 Å². The van der Waals surface area contributed by atoms with Crippen LogP contribution in [-0.2, 0) is 4.74 Å². The van der Waals surface area contributed by atoms with Crippen LogP contribution in [0, 0.1) is 17.8 Å². The standard InChI is InChI=1S/C25H20N2O3/c28-24(21-5-3-4-18(16-21)9-12-22-6-1-2-15-26-22)27-23-13-10-20(11-14-23)25(29)30-17-19-7-8-19/h1-6,10-11,13-16,19H,7-8,17H2,(H,27,28). The molecule has 0 atom stereocenters. The molecule has 1 aliphatic rings. The SMILES string of the molecule is O=C(Nc1ccc(C(=O)OCC2CC2)cc1)c1cccc(C#Cc2ccccn2)c1. The highest BCUT2D eigenvalue weighted by Crippen LogP contribution is 2.29. The molecule has 1 aromatic heterocycles. The van der Waals surface area contributed by atoms with Gasteiger partial charge < -0.3 is 10.1 Å². The Morgan fingerprint density at radius 3 is 2.53 bits per heavy atom. The summed E-state index contributed by atoms with van der Waals surface area (Å²) in [5.41, 5.74) is 2.96. The summed E-state index contributed by atoms with van der Waals surface area (Å²) in [6.07, 6.45) is 3.95. The molecule has 1 amide bonds. The Morgan fingerprint density at radius 2 is 1.80 bits per heavy atom. The van der Waals surface area contributed by atoms with E-state index in [2.05, 4.69) is 22.1 Å². The lowest BCUT2D eigenvalue weighted by molar-refractivity contribution is 0.0486. The van der Waals surface area contributed by atoms with Gasteiger partial charge in [0.2, 0.25) is 0 Å². The van der Waals surface area contributed by atoms with E-state index in [1.807, 2.05) is 24.3 Å². The number of nitrogens with one attached hydrogen (secondary N) is 1. The molecule has 0 aliphatic heterocycles. The molecule has 0 spiro atoms. The van der Waals surface area contributed by atoms with Crippen LogP contribution in [0.4, 0.5) is 5.69 Å². The molecule has 0 saturated heterocycles. The van der Waals surface area contributed by atoms with E-state index in [4.69, 9.17) is 4.74 Å². The van der Waals surface area contributed by atoms with Crippen LogP contribution in [0.3, 0.4) is 0 Å². The maximum absolute atomic E-state index is 12.6. The van der Waals surface area contributed by atoms with Crippen molar-refractivity contribution in [2.75, 3.05) is 11.9 Å². The van der Waals surface area contributed by atoms with Gasteiger partial charge in [-0.2, -0.15) is 0 Å². The normalized spacial score (nSPS) is 12.4. The third-order valence-corrected chi connectivity index (χ3v) is 4.65. The third-order valence-electron chi connectivity index (χ3n) is 4.65. The molecule has 30 heavy (non-hydrogen) atoms. The smallest absolute Gasteiger partial charge is 0.338 e. The minimum atomic E-state index is -0.334. The topological polar surface area (TPSA) is 68.3 Å². The molecule has 148 valence electrons. The van der Waals surface area contributed by atoms with Gasteiger partial charge in [0.15, 0.2) is 0 Å². The predicted molar refractivity (Wildman–Crippen MR) is 114 cm³/mol. The van der Waals surface area contributed by atoms with Crippen LogP contribution >= 0.6 is 0 Å². The molecule has 5 nitrogen and oxygen atoms in total. The van der Waals surface area contributed by atoms with E-state index < -0.39 is 0 Å². The van der Waals surface area contributed by atoms with Crippen molar-refractivity contribution >= 4 is 17.6 Å². The van der Waals surface area contributed by atoms with Crippen molar-refractivity contribution in [1.82, 2.24) is 4.98 Å². The molecular weight excluding hydrogens is 376 g/mol. The minimum Gasteiger partial charge on any atom is -0.462 e. The lowest BCUT2D eigenvalue weighted by Gasteiger charge is -2.07. The van der Waals surface area contributed by atoms with Crippen molar-refractivity contribution in [2.45, 2.75) is 12.8 Å². The molecule has 0 radical (unpaired) electrons. The second kappa shape index (κ2) is 9.06. The Kier molecular flexibility index (Phi) is 5.86. The second-order valence-corrected chi connectivity index (χ2v) is 7.12. The van der Waals surface area contributed by atoms with Crippen LogP contribution in [0.2, 0.25) is 0 Å². The zero-order valence-electron chi connectivity index (χ0n) is 16.3. The van der Waals surface area contributed by atoms with Crippen molar-refractivity contribution < 1.29 is 14.3 Å². The number of anilines is 1. The highest BCUT2D eigenvalue weighted by Gasteiger charge is 2.23. The van der Waals surface area contributed by atoms with Gasteiger partial charge in [-0.3, -0.25) is 4.79 Å². The highest BCUT2D eigenvalue weighted by atomic mass is 16.5. The van der Waals surface area contributed by atoms with Gasteiger partial charge in [0.1, 0.15) is 5.69 Å². The molecule has 1 heterocycles. The first-order valence-corrected chi connectivity index (χ1v) is 9.79. The number of carbonyl (C=O) groups excluding carboxylic acids is 2. The van der Waals surface area contributed by atoms with E-state index in [1.165, 1.54) is 0 Å². The number of benzene rings is 2. The lowest BCUT2D eigenvalue weighted by Crippen LogP contribution is -2.12. The van der Waals surface area contributed by atoms with Crippen LogP contribution in [0.15, 0.2) is 72.9 Å². The summed E-state index contributed by atoms with van der Waals surface area (Å²) in [5.74, 6) is 5.94. The molecule has 1 fully saturated rings. The summed E-state index contributed by atoms with van der Waals surface area (Å²) in [5, 5.41) is 2.83. The number of nitrogens with zero attached hydrogens (tertiary/aromatic N) is 1. The van der Waals surface area contributed by atoms with Crippen molar-refractivity contribution in [2.24, 2.45) is 5.92 Å². The maximum Gasteiger partial charge on any atom is 0.338 e. The minimum absolute atomic E-state index is 0.249. The van der Waals surface area contributed by atoms with Gasteiger partial charge in [0.25, 0.3) is 5.91 Å². The average Bonchev–Trinajstić information content (AvgIpc) is 3.62. The number of ether oxygens (including phenoxy) is 1.